The fraction of sp³-hybridized carbons (Fsp3) is 0.385. The first-order valence-corrected chi connectivity index (χ1v) is 6.65. The van der Waals surface area contributed by atoms with Crippen LogP contribution in [0, 0.1) is 10.1 Å². The van der Waals surface area contributed by atoms with Crippen molar-refractivity contribution in [1.82, 2.24) is 10.2 Å². The van der Waals surface area contributed by atoms with E-state index in [0.717, 1.165) is 6.07 Å². The minimum absolute atomic E-state index is 0.0373. The Hall–Kier alpha value is -2.15. The van der Waals surface area contributed by atoms with Crippen LogP contribution in [0.15, 0.2) is 18.2 Å². The van der Waals surface area contributed by atoms with Crippen LogP contribution in [0.1, 0.15) is 24.2 Å². The normalized spacial score (nSPS) is 11.6. The van der Waals surface area contributed by atoms with E-state index in [2.05, 4.69) is 5.32 Å². The average molecular weight is 314 g/mol. The Bertz CT molecular complexity index is 577. The van der Waals surface area contributed by atoms with Gasteiger partial charge >= 0.3 is 0 Å². The van der Waals surface area contributed by atoms with Crippen LogP contribution in [-0.2, 0) is 4.79 Å². The fourth-order valence-electron chi connectivity index (χ4n) is 1.62. The molecule has 0 aliphatic heterocycles. The number of benzene rings is 1. The first-order chi connectivity index (χ1) is 9.77. The van der Waals surface area contributed by atoms with Crippen LogP contribution in [0.3, 0.4) is 0 Å². The van der Waals surface area contributed by atoms with Gasteiger partial charge in [-0.1, -0.05) is 11.6 Å². The molecule has 1 atom stereocenters. The number of hydrogen-bond donors (Lipinski definition) is 1. The number of carbonyl (C=O) groups is 2. The molecule has 1 rings (SSSR count). The summed E-state index contributed by atoms with van der Waals surface area (Å²) in [5.74, 6) is -0.888. The molecule has 2 amide bonds. The van der Waals surface area contributed by atoms with Gasteiger partial charge in [-0.15, -0.1) is 0 Å². The van der Waals surface area contributed by atoms with Gasteiger partial charge in [0.05, 0.1) is 15.5 Å². The zero-order valence-electron chi connectivity index (χ0n) is 11.9. The quantitative estimate of drug-likeness (QED) is 0.663. The Morgan fingerprint density at radius 1 is 1.48 bits per heavy atom. The van der Waals surface area contributed by atoms with Gasteiger partial charge in [0.1, 0.15) is 6.04 Å². The molecule has 0 saturated carbocycles. The van der Waals surface area contributed by atoms with Crippen LogP contribution in [0.5, 0.6) is 0 Å². The molecule has 0 aliphatic carbocycles. The van der Waals surface area contributed by atoms with Crippen molar-refractivity contribution in [3.05, 3.63) is 38.9 Å². The Kier molecular flexibility index (Phi) is 5.66. The van der Waals surface area contributed by atoms with E-state index < -0.39 is 16.9 Å². The molecule has 0 spiro atoms. The molecule has 0 bridgehead atoms. The number of halogens is 1. The van der Waals surface area contributed by atoms with E-state index in [-0.39, 0.29) is 22.2 Å². The second kappa shape index (κ2) is 7.03. The van der Waals surface area contributed by atoms with Crippen molar-refractivity contribution in [2.24, 2.45) is 0 Å². The lowest BCUT2D eigenvalue weighted by Crippen LogP contribution is -2.45. The molecule has 0 heterocycles. The monoisotopic (exact) mass is 313 g/mol. The molecule has 0 saturated heterocycles. The molecule has 1 aromatic rings. The highest BCUT2D eigenvalue weighted by Gasteiger charge is 2.22. The number of carbonyl (C=O) groups excluding carboxylic acids is 2. The van der Waals surface area contributed by atoms with E-state index >= 15 is 0 Å². The van der Waals surface area contributed by atoms with Crippen molar-refractivity contribution in [2.75, 3.05) is 13.6 Å². The maximum atomic E-state index is 12.1. The number of likely N-dealkylation sites (N-methyl/N-ethyl adjacent to an activating group) is 1. The Morgan fingerprint density at radius 3 is 2.62 bits per heavy atom. The molecule has 1 unspecified atom stereocenters. The van der Waals surface area contributed by atoms with E-state index in [1.54, 1.807) is 7.05 Å². The molecule has 0 radical (unpaired) electrons. The molecular formula is C13H16ClN3O4. The summed E-state index contributed by atoms with van der Waals surface area (Å²) in [5.41, 5.74) is -0.279. The van der Waals surface area contributed by atoms with Crippen LogP contribution >= 0.6 is 11.6 Å². The molecule has 8 heteroatoms. The minimum atomic E-state index is -0.752. The SMILES string of the molecule is CCN(C)C(=O)C(C)NC(=O)c1cc([N+](=O)[O-])ccc1Cl. The summed E-state index contributed by atoms with van der Waals surface area (Å²) in [5, 5.41) is 13.3. The highest BCUT2D eigenvalue weighted by molar-refractivity contribution is 6.34. The van der Waals surface area contributed by atoms with Gasteiger partial charge in [-0.25, -0.2) is 0 Å². The van der Waals surface area contributed by atoms with Gasteiger partial charge in [0.25, 0.3) is 11.6 Å². The Morgan fingerprint density at radius 2 is 2.10 bits per heavy atom. The molecule has 1 N–H and O–H groups in total. The van der Waals surface area contributed by atoms with Gasteiger partial charge in [-0.2, -0.15) is 0 Å². The zero-order valence-corrected chi connectivity index (χ0v) is 12.7. The van der Waals surface area contributed by atoms with Crippen molar-refractivity contribution in [3.8, 4) is 0 Å². The summed E-state index contributed by atoms with van der Waals surface area (Å²) in [4.78, 5) is 35.5. The Balaban J connectivity index is 2.92. The van der Waals surface area contributed by atoms with E-state index in [1.807, 2.05) is 6.92 Å². The highest BCUT2D eigenvalue weighted by Crippen LogP contribution is 2.22. The predicted octanol–water partition coefficient (Wildman–Crippen LogP) is 1.84. The van der Waals surface area contributed by atoms with Crippen molar-refractivity contribution in [1.29, 1.82) is 0 Å². The molecular weight excluding hydrogens is 298 g/mol. The first kappa shape index (κ1) is 16.9. The smallest absolute Gasteiger partial charge is 0.270 e. The summed E-state index contributed by atoms with van der Waals surface area (Å²) in [7, 11) is 1.62. The highest BCUT2D eigenvalue weighted by atomic mass is 35.5. The van der Waals surface area contributed by atoms with Crippen molar-refractivity contribution in [2.45, 2.75) is 19.9 Å². The lowest BCUT2D eigenvalue weighted by atomic mass is 10.1. The predicted molar refractivity (Wildman–Crippen MR) is 78.3 cm³/mol. The maximum Gasteiger partial charge on any atom is 0.270 e. The number of nitro benzene ring substituents is 1. The molecule has 114 valence electrons. The van der Waals surface area contributed by atoms with Gasteiger partial charge in [-0.05, 0) is 19.9 Å². The van der Waals surface area contributed by atoms with Crippen LogP contribution in [0.4, 0.5) is 5.69 Å². The van der Waals surface area contributed by atoms with Crippen molar-refractivity contribution in [3.63, 3.8) is 0 Å². The molecule has 0 aromatic heterocycles. The van der Waals surface area contributed by atoms with E-state index in [0.29, 0.717) is 6.54 Å². The third kappa shape index (κ3) is 4.16. The molecule has 0 fully saturated rings. The van der Waals surface area contributed by atoms with E-state index in [9.17, 15) is 19.7 Å². The second-order valence-electron chi connectivity index (χ2n) is 4.47. The summed E-state index contributed by atoms with van der Waals surface area (Å²) < 4.78 is 0. The lowest BCUT2D eigenvalue weighted by Gasteiger charge is -2.20. The number of nitrogens with zero attached hydrogens (tertiary/aromatic N) is 2. The number of nitro groups is 1. The number of amides is 2. The van der Waals surface area contributed by atoms with Gasteiger partial charge in [0.15, 0.2) is 0 Å². The topological polar surface area (TPSA) is 92.6 Å². The van der Waals surface area contributed by atoms with Crippen LogP contribution in [0.2, 0.25) is 5.02 Å². The van der Waals surface area contributed by atoms with Gasteiger partial charge < -0.3 is 10.2 Å². The van der Waals surface area contributed by atoms with Gasteiger partial charge in [-0.3, -0.25) is 19.7 Å². The lowest BCUT2D eigenvalue weighted by molar-refractivity contribution is -0.384. The standard InChI is InChI=1S/C13H16ClN3O4/c1-4-16(3)13(19)8(2)15-12(18)10-7-9(17(20)21)5-6-11(10)14/h5-8H,4H2,1-3H3,(H,15,18). The number of non-ortho nitro benzene ring substituents is 1. The number of hydrogen-bond acceptors (Lipinski definition) is 4. The summed E-state index contributed by atoms with van der Waals surface area (Å²) in [6.45, 7) is 3.86. The van der Waals surface area contributed by atoms with Crippen LogP contribution in [-0.4, -0.2) is 41.3 Å². The minimum Gasteiger partial charge on any atom is -0.344 e. The third-order valence-corrected chi connectivity index (χ3v) is 3.30. The third-order valence-electron chi connectivity index (χ3n) is 2.97. The van der Waals surface area contributed by atoms with Crippen molar-refractivity contribution < 1.29 is 14.5 Å². The van der Waals surface area contributed by atoms with Crippen LogP contribution < -0.4 is 5.32 Å². The zero-order chi connectivity index (χ0) is 16.2. The van der Waals surface area contributed by atoms with E-state index in [1.165, 1.54) is 24.0 Å². The van der Waals surface area contributed by atoms with Gasteiger partial charge in [0.2, 0.25) is 5.91 Å². The summed E-state index contributed by atoms with van der Waals surface area (Å²) in [6, 6.07) is 2.81. The number of nitrogens with one attached hydrogen (secondary N) is 1. The first-order valence-electron chi connectivity index (χ1n) is 6.27. The van der Waals surface area contributed by atoms with Crippen LogP contribution in [0.25, 0.3) is 0 Å². The van der Waals surface area contributed by atoms with E-state index in [4.69, 9.17) is 11.6 Å². The Labute approximate surface area is 127 Å². The largest absolute Gasteiger partial charge is 0.344 e. The van der Waals surface area contributed by atoms with Gasteiger partial charge in [0, 0.05) is 25.7 Å². The summed E-state index contributed by atoms with van der Waals surface area (Å²) >= 11 is 5.87. The maximum absolute atomic E-state index is 12.1. The average Bonchev–Trinajstić information content (AvgIpc) is 2.45. The fourth-order valence-corrected chi connectivity index (χ4v) is 1.83. The molecule has 7 nitrogen and oxygen atoms in total. The summed E-state index contributed by atoms with van der Waals surface area (Å²) in [6.07, 6.45) is 0. The molecule has 1 aromatic carbocycles. The second-order valence-corrected chi connectivity index (χ2v) is 4.88. The number of rotatable bonds is 5. The molecule has 21 heavy (non-hydrogen) atoms. The van der Waals surface area contributed by atoms with Crippen molar-refractivity contribution >= 4 is 29.1 Å². The molecule has 0 aliphatic rings.